The van der Waals surface area contributed by atoms with E-state index < -0.39 is 0 Å². The van der Waals surface area contributed by atoms with Crippen molar-refractivity contribution < 1.29 is 4.79 Å². The fourth-order valence-electron chi connectivity index (χ4n) is 4.44. The molecular weight excluding hydrogens is 376 g/mol. The number of carbonyl (C=O) groups is 1. The lowest BCUT2D eigenvalue weighted by molar-refractivity contribution is -0.129. The van der Waals surface area contributed by atoms with Crippen molar-refractivity contribution in [2.24, 2.45) is 0 Å². The van der Waals surface area contributed by atoms with Crippen molar-refractivity contribution >= 4 is 11.7 Å². The number of likely N-dealkylation sites (N-methyl/N-ethyl adjacent to an activating group) is 1. The summed E-state index contributed by atoms with van der Waals surface area (Å²) < 4.78 is 0. The zero-order valence-electron chi connectivity index (χ0n) is 18.3. The Kier molecular flexibility index (Phi) is 6.27. The Morgan fingerprint density at radius 1 is 1.23 bits per heavy atom. The van der Waals surface area contributed by atoms with Crippen LogP contribution in [0.3, 0.4) is 0 Å². The molecule has 4 heterocycles. The van der Waals surface area contributed by atoms with Crippen molar-refractivity contribution in [3.8, 4) is 0 Å². The summed E-state index contributed by atoms with van der Waals surface area (Å²) in [5.74, 6) is 2.39. The van der Waals surface area contributed by atoms with E-state index in [0.29, 0.717) is 5.92 Å². The standard InChI is InChI=1S/C23H32N6O/c1-16(14-19-6-4-5-10-24-19)25-23-20-15-28(3)11-9-21(20)26-22(27-23)18-7-12-29(13-8-18)17(2)30/h4-6,10,16,18H,7-9,11-15H2,1-3H3,(H,25,26,27)/t16-/m0/s1. The molecule has 2 aliphatic heterocycles. The number of rotatable bonds is 5. The molecule has 160 valence electrons. The minimum atomic E-state index is 0.161. The van der Waals surface area contributed by atoms with Crippen LogP contribution in [-0.4, -0.2) is 63.4 Å². The first-order valence-corrected chi connectivity index (χ1v) is 11.0. The van der Waals surface area contributed by atoms with Gasteiger partial charge in [0.2, 0.25) is 5.91 Å². The number of amides is 1. The Morgan fingerprint density at radius 3 is 2.73 bits per heavy atom. The highest BCUT2D eigenvalue weighted by atomic mass is 16.2. The van der Waals surface area contributed by atoms with Gasteiger partial charge in [-0.3, -0.25) is 9.78 Å². The van der Waals surface area contributed by atoms with Gasteiger partial charge in [0, 0.05) is 75.4 Å². The SMILES string of the molecule is CC(=O)N1CCC(c2nc3c(c(N[C@@H](C)Cc4ccccn4)n2)CN(C)CC3)CC1. The summed E-state index contributed by atoms with van der Waals surface area (Å²) >= 11 is 0. The number of nitrogens with zero attached hydrogens (tertiary/aromatic N) is 5. The number of anilines is 1. The van der Waals surface area contributed by atoms with Crippen molar-refractivity contribution in [1.82, 2.24) is 24.8 Å². The van der Waals surface area contributed by atoms with Gasteiger partial charge < -0.3 is 15.1 Å². The summed E-state index contributed by atoms with van der Waals surface area (Å²) in [6, 6.07) is 6.26. The molecule has 0 aliphatic carbocycles. The van der Waals surface area contributed by atoms with Crippen LogP contribution in [0.5, 0.6) is 0 Å². The van der Waals surface area contributed by atoms with Crippen molar-refractivity contribution in [1.29, 1.82) is 0 Å². The second-order valence-corrected chi connectivity index (χ2v) is 8.69. The third-order valence-corrected chi connectivity index (χ3v) is 6.20. The summed E-state index contributed by atoms with van der Waals surface area (Å²) in [6.07, 6.45) is 5.51. The predicted octanol–water partition coefficient (Wildman–Crippen LogP) is 2.63. The molecule has 1 saturated heterocycles. The number of pyridine rings is 1. The Balaban J connectivity index is 1.55. The Morgan fingerprint density at radius 2 is 2.03 bits per heavy atom. The summed E-state index contributed by atoms with van der Waals surface area (Å²) in [5, 5.41) is 3.66. The van der Waals surface area contributed by atoms with Crippen LogP contribution >= 0.6 is 0 Å². The van der Waals surface area contributed by atoms with Crippen LogP contribution < -0.4 is 5.32 Å². The van der Waals surface area contributed by atoms with E-state index >= 15 is 0 Å². The lowest BCUT2D eigenvalue weighted by Crippen LogP contribution is -2.37. The largest absolute Gasteiger partial charge is 0.367 e. The molecule has 0 unspecified atom stereocenters. The number of hydrogen-bond acceptors (Lipinski definition) is 6. The highest BCUT2D eigenvalue weighted by Crippen LogP contribution is 2.30. The van der Waals surface area contributed by atoms with Gasteiger partial charge in [0.25, 0.3) is 0 Å². The minimum absolute atomic E-state index is 0.161. The molecule has 2 aromatic rings. The molecule has 2 aromatic heterocycles. The highest BCUT2D eigenvalue weighted by molar-refractivity contribution is 5.73. The highest BCUT2D eigenvalue weighted by Gasteiger charge is 2.27. The van der Waals surface area contributed by atoms with Crippen molar-refractivity contribution in [2.75, 3.05) is 32.0 Å². The number of fused-ring (bicyclic) bond motifs is 1. The smallest absolute Gasteiger partial charge is 0.219 e. The molecule has 0 bridgehead atoms. The van der Waals surface area contributed by atoms with Crippen LogP contribution in [-0.2, 0) is 24.2 Å². The first-order chi connectivity index (χ1) is 14.5. The molecule has 30 heavy (non-hydrogen) atoms. The molecule has 7 nitrogen and oxygen atoms in total. The molecule has 1 atom stereocenters. The minimum Gasteiger partial charge on any atom is -0.367 e. The first-order valence-electron chi connectivity index (χ1n) is 11.0. The molecular formula is C23H32N6O. The lowest BCUT2D eigenvalue weighted by atomic mass is 9.95. The van der Waals surface area contributed by atoms with Crippen LogP contribution in [0.25, 0.3) is 0 Å². The van der Waals surface area contributed by atoms with Crippen LogP contribution in [0, 0.1) is 0 Å². The number of hydrogen-bond donors (Lipinski definition) is 1. The topological polar surface area (TPSA) is 74.2 Å². The number of aromatic nitrogens is 3. The lowest BCUT2D eigenvalue weighted by Gasteiger charge is -2.32. The normalized spacial score (nSPS) is 18.7. The Bertz CT molecular complexity index is 879. The van der Waals surface area contributed by atoms with E-state index in [1.807, 2.05) is 23.2 Å². The van der Waals surface area contributed by atoms with Crippen molar-refractivity contribution in [3.05, 3.63) is 47.2 Å². The molecule has 0 aromatic carbocycles. The van der Waals surface area contributed by atoms with Gasteiger partial charge in [0.15, 0.2) is 0 Å². The van der Waals surface area contributed by atoms with Gasteiger partial charge in [-0.2, -0.15) is 0 Å². The number of carbonyl (C=O) groups excluding carboxylic acids is 1. The van der Waals surface area contributed by atoms with Crippen LogP contribution in [0.1, 0.15) is 55.4 Å². The van der Waals surface area contributed by atoms with Gasteiger partial charge in [-0.15, -0.1) is 0 Å². The summed E-state index contributed by atoms with van der Waals surface area (Å²) in [7, 11) is 2.15. The summed E-state index contributed by atoms with van der Waals surface area (Å²) in [6.45, 7) is 7.31. The second-order valence-electron chi connectivity index (χ2n) is 8.69. The van der Waals surface area contributed by atoms with Gasteiger partial charge in [0.05, 0.1) is 5.69 Å². The van der Waals surface area contributed by atoms with Crippen LogP contribution in [0.15, 0.2) is 24.4 Å². The fraction of sp³-hybridized carbons (Fsp3) is 0.565. The van der Waals surface area contributed by atoms with E-state index in [2.05, 4.69) is 35.2 Å². The van der Waals surface area contributed by atoms with Gasteiger partial charge in [0.1, 0.15) is 11.6 Å². The average molecular weight is 409 g/mol. The van der Waals surface area contributed by atoms with Gasteiger partial charge in [-0.05, 0) is 38.9 Å². The third kappa shape index (κ3) is 4.78. The number of likely N-dealkylation sites (tertiary alicyclic amines) is 1. The Labute approximate surface area is 178 Å². The molecule has 4 rings (SSSR count). The van der Waals surface area contributed by atoms with Gasteiger partial charge in [-0.25, -0.2) is 9.97 Å². The quantitative estimate of drug-likeness (QED) is 0.820. The molecule has 0 saturated carbocycles. The average Bonchev–Trinajstić information content (AvgIpc) is 2.74. The summed E-state index contributed by atoms with van der Waals surface area (Å²) in [5.41, 5.74) is 3.48. The molecule has 7 heteroatoms. The van der Waals surface area contributed by atoms with Crippen LogP contribution in [0.4, 0.5) is 5.82 Å². The molecule has 1 amide bonds. The first kappa shape index (κ1) is 20.7. The fourth-order valence-corrected chi connectivity index (χ4v) is 4.44. The van der Waals surface area contributed by atoms with E-state index in [1.165, 1.54) is 11.3 Å². The van der Waals surface area contributed by atoms with E-state index in [4.69, 9.17) is 9.97 Å². The zero-order valence-corrected chi connectivity index (χ0v) is 18.3. The maximum Gasteiger partial charge on any atom is 0.219 e. The Hall–Kier alpha value is -2.54. The van der Waals surface area contributed by atoms with E-state index in [1.54, 1.807) is 6.92 Å². The van der Waals surface area contributed by atoms with E-state index in [0.717, 1.165) is 69.2 Å². The van der Waals surface area contributed by atoms with Crippen molar-refractivity contribution in [2.45, 2.75) is 58.0 Å². The third-order valence-electron chi connectivity index (χ3n) is 6.20. The molecule has 0 spiro atoms. The zero-order chi connectivity index (χ0) is 21.1. The summed E-state index contributed by atoms with van der Waals surface area (Å²) in [4.78, 5) is 30.4. The monoisotopic (exact) mass is 408 g/mol. The second kappa shape index (κ2) is 9.08. The number of nitrogens with one attached hydrogen (secondary N) is 1. The van der Waals surface area contributed by atoms with Crippen LogP contribution in [0.2, 0.25) is 0 Å². The predicted molar refractivity (Wildman–Crippen MR) is 117 cm³/mol. The van der Waals surface area contributed by atoms with E-state index in [9.17, 15) is 4.79 Å². The molecule has 1 fully saturated rings. The maximum atomic E-state index is 11.7. The molecule has 2 aliphatic rings. The van der Waals surface area contributed by atoms with Gasteiger partial charge in [-0.1, -0.05) is 6.07 Å². The molecule has 0 radical (unpaired) electrons. The number of piperidine rings is 1. The van der Waals surface area contributed by atoms with Crippen molar-refractivity contribution in [3.63, 3.8) is 0 Å². The van der Waals surface area contributed by atoms with Gasteiger partial charge >= 0.3 is 0 Å². The van der Waals surface area contributed by atoms with E-state index in [-0.39, 0.29) is 11.9 Å². The molecule has 1 N–H and O–H groups in total. The maximum absolute atomic E-state index is 11.7.